The van der Waals surface area contributed by atoms with Gasteiger partial charge in [-0.3, -0.25) is 0 Å². The number of likely N-dealkylation sites (tertiary alicyclic amines) is 1. The molecule has 2 fully saturated rings. The summed E-state index contributed by atoms with van der Waals surface area (Å²) in [5.41, 5.74) is -0.276. The fourth-order valence-electron chi connectivity index (χ4n) is 2.42. The van der Waals surface area contributed by atoms with Crippen molar-refractivity contribution in [3.8, 4) is 0 Å². The number of nitrogens with zero attached hydrogens (tertiary/aromatic N) is 1. The van der Waals surface area contributed by atoms with Crippen LogP contribution in [0.15, 0.2) is 0 Å². The molecule has 1 saturated carbocycles. The van der Waals surface area contributed by atoms with Gasteiger partial charge in [0.05, 0.1) is 5.60 Å². The maximum atomic E-state index is 9.81. The van der Waals surface area contributed by atoms with Gasteiger partial charge in [0.1, 0.15) is 0 Å². The average Bonchev–Trinajstić information content (AvgIpc) is 2.99. The number of hydrogen-bond acceptors (Lipinski definition) is 3. The Hall–Kier alpha value is -0.120. The first-order chi connectivity index (χ1) is 7.22. The SMILES string of the molecule is CNC1CCCCN(CCC2(O)CC2)C1. The van der Waals surface area contributed by atoms with Crippen LogP contribution < -0.4 is 5.32 Å². The van der Waals surface area contributed by atoms with Crippen molar-refractivity contribution in [1.29, 1.82) is 0 Å². The highest BCUT2D eigenvalue weighted by Crippen LogP contribution is 2.38. The van der Waals surface area contributed by atoms with Crippen LogP contribution in [0.25, 0.3) is 0 Å². The second-order valence-electron chi connectivity index (χ2n) is 5.26. The Bertz CT molecular complexity index is 204. The van der Waals surface area contributed by atoms with Crippen LogP contribution in [0.2, 0.25) is 0 Å². The van der Waals surface area contributed by atoms with Crippen LogP contribution in [0.3, 0.4) is 0 Å². The third-order valence-electron chi connectivity index (χ3n) is 3.88. The Morgan fingerprint density at radius 1 is 1.40 bits per heavy atom. The van der Waals surface area contributed by atoms with E-state index in [2.05, 4.69) is 17.3 Å². The van der Waals surface area contributed by atoms with E-state index in [4.69, 9.17) is 0 Å². The average molecular weight is 212 g/mol. The van der Waals surface area contributed by atoms with Crippen LogP contribution in [-0.2, 0) is 0 Å². The Balaban J connectivity index is 1.74. The van der Waals surface area contributed by atoms with Crippen molar-refractivity contribution in [1.82, 2.24) is 10.2 Å². The van der Waals surface area contributed by atoms with Crippen LogP contribution in [0, 0.1) is 0 Å². The molecule has 0 aromatic rings. The van der Waals surface area contributed by atoms with E-state index < -0.39 is 0 Å². The molecule has 0 aromatic carbocycles. The zero-order valence-electron chi connectivity index (χ0n) is 9.84. The Morgan fingerprint density at radius 3 is 2.87 bits per heavy atom. The van der Waals surface area contributed by atoms with Crippen molar-refractivity contribution in [2.75, 3.05) is 26.7 Å². The molecule has 2 rings (SSSR count). The van der Waals surface area contributed by atoms with Gasteiger partial charge < -0.3 is 15.3 Å². The minimum atomic E-state index is -0.276. The highest BCUT2D eigenvalue weighted by molar-refractivity contribution is 4.94. The molecular formula is C12H24N2O. The third-order valence-corrected chi connectivity index (χ3v) is 3.88. The predicted molar refractivity (Wildman–Crippen MR) is 61.9 cm³/mol. The molecule has 0 aromatic heterocycles. The summed E-state index contributed by atoms with van der Waals surface area (Å²) in [6.07, 6.45) is 6.98. The fraction of sp³-hybridized carbons (Fsp3) is 1.00. The first kappa shape index (κ1) is 11.4. The third kappa shape index (κ3) is 3.44. The monoisotopic (exact) mass is 212 g/mol. The summed E-state index contributed by atoms with van der Waals surface area (Å²) in [6.45, 7) is 3.45. The molecule has 88 valence electrons. The van der Waals surface area contributed by atoms with E-state index in [0.29, 0.717) is 6.04 Å². The highest BCUT2D eigenvalue weighted by atomic mass is 16.3. The summed E-state index contributed by atoms with van der Waals surface area (Å²) < 4.78 is 0. The topological polar surface area (TPSA) is 35.5 Å². The second-order valence-corrected chi connectivity index (χ2v) is 5.26. The van der Waals surface area contributed by atoms with Gasteiger partial charge in [-0.2, -0.15) is 0 Å². The molecule has 1 unspecified atom stereocenters. The molecule has 15 heavy (non-hydrogen) atoms. The lowest BCUT2D eigenvalue weighted by molar-refractivity contribution is 0.118. The van der Waals surface area contributed by atoms with Crippen LogP contribution in [0.1, 0.15) is 38.5 Å². The summed E-state index contributed by atoms with van der Waals surface area (Å²) in [4.78, 5) is 2.52. The van der Waals surface area contributed by atoms with Crippen molar-refractivity contribution in [3.63, 3.8) is 0 Å². The van der Waals surface area contributed by atoms with Crippen molar-refractivity contribution in [3.05, 3.63) is 0 Å². The van der Waals surface area contributed by atoms with Crippen molar-refractivity contribution >= 4 is 0 Å². The van der Waals surface area contributed by atoms with Gasteiger partial charge in [0, 0.05) is 19.1 Å². The molecule has 1 saturated heterocycles. The summed E-state index contributed by atoms with van der Waals surface area (Å²) in [5, 5.41) is 13.2. The van der Waals surface area contributed by atoms with Crippen LogP contribution in [-0.4, -0.2) is 48.3 Å². The van der Waals surface area contributed by atoms with Crippen LogP contribution in [0.5, 0.6) is 0 Å². The molecule has 3 heteroatoms. The summed E-state index contributed by atoms with van der Waals surface area (Å²) in [7, 11) is 2.06. The molecule has 1 aliphatic heterocycles. The van der Waals surface area contributed by atoms with Gasteiger partial charge in [-0.1, -0.05) is 6.42 Å². The number of rotatable bonds is 4. The predicted octanol–water partition coefficient (Wildman–Crippen LogP) is 0.975. The molecule has 2 N–H and O–H groups in total. The largest absolute Gasteiger partial charge is 0.390 e. The highest BCUT2D eigenvalue weighted by Gasteiger charge is 2.40. The summed E-state index contributed by atoms with van der Waals surface area (Å²) >= 11 is 0. The molecule has 0 spiro atoms. The first-order valence-electron chi connectivity index (χ1n) is 6.34. The molecule has 3 nitrogen and oxygen atoms in total. The van der Waals surface area contributed by atoms with Crippen LogP contribution in [0.4, 0.5) is 0 Å². The molecule has 2 aliphatic rings. The molecular weight excluding hydrogens is 188 g/mol. The minimum absolute atomic E-state index is 0.276. The first-order valence-corrected chi connectivity index (χ1v) is 6.34. The molecule has 0 amide bonds. The lowest BCUT2D eigenvalue weighted by Crippen LogP contribution is -2.39. The molecule has 1 atom stereocenters. The van der Waals surface area contributed by atoms with Gasteiger partial charge in [-0.15, -0.1) is 0 Å². The van der Waals surface area contributed by atoms with Gasteiger partial charge in [0.25, 0.3) is 0 Å². The normalized spacial score (nSPS) is 31.2. The van der Waals surface area contributed by atoms with Gasteiger partial charge in [0.15, 0.2) is 0 Å². The maximum Gasteiger partial charge on any atom is 0.0662 e. The summed E-state index contributed by atoms with van der Waals surface area (Å²) in [6, 6.07) is 0.654. The van der Waals surface area contributed by atoms with E-state index in [1.165, 1.54) is 25.8 Å². The van der Waals surface area contributed by atoms with E-state index in [9.17, 15) is 5.11 Å². The number of hydrogen-bond donors (Lipinski definition) is 2. The fourth-order valence-corrected chi connectivity index (χ4v) is 2.42. The molecule has 0 bridgehead atoms. The second kappa shape index (κ2) is 4.81. The zero-order valence-corrected chi connectivity index (χ0v) is 9.84. The Morgan fingerprint density at radius 2 is 2.20 bits per heavy atom. The van der Waals surface area contributed by atoms with Gasteiger partial charge in [0.2, 0.25) is 0 Å². The standard InChI is InChI=1S/C12H24N2O/c1-13-11-4-2-3-8-14(10-11)9-7-12(15)5-6-12/h11,13,15H,2-10H2,1H3. The van der Waals surface area contributed by atoms with Gasteiger partial charge >= 0.3 is 0 Å². The van der Waals surface area contributed by atoms with E-state index in [1.54, 1.807) is 0 Å². The van der Waals surface area contributed by atoms with Gasteiger partial charge in [-0.25, -0.2) is 0 Å². The Kier molecular flexibility index (Phi) is 3.65. The van der Waals surface area contributed by atoms with E-state index >= 15 is 0 Å². The maximum absolute atomic E-state index is 9.81. The zero-order chi connectivity index (χ0) is 10.7. The van der Waals surface area contributed by atoms with Crippen LogP contribution >= 0.6 is 0 Å². The van der Waals surface area contributed by atoms with Crippen molar-refractivity contribution in [2.45, 2.75) is 50.2 Å². The van der Waals surface area contributed by atoms with E-state index in [1.807, 2.05) is 0 Å². The smallest absolute Gasteiger partial charge is 0.0662 e. The summed E-state index contributed by atoms with van der Waals surface area (Å²) in [5.74, 6) is 0. The number of likely N-dealkylation sites (N-methyl/N-ethyl adjacent to an activating group) is 1. The molecule has 1 heterocycles. The lowest BCUT2D eigenvalue weighted by atomic mass is 10.1. The van der Waals surface area contributed by atoms with E-state index in [-0.39, 0.29) is 5.60 Å². The van der Waals surface area contributed by atoms with Gasteiger partial charge in [-0.05, 0) is 45.7 Å². The lowest BCUT2D eigenvalue weighted by Gasteiger charge is -2.24. The van der Waals surface area contributed by atoms with Crippen molar-refractivity contribution < 1.29 is 5.11 Å². The quantitative estimate of drug-likeness (QED) is 0.729. The molecule has 1 aliphatic carbocycles. The Labute approximate surface area is 92.8 Å². The number of aliphatic hydroxyl groups is 1. The van der Waals surface area contributed by atoms with Crippen molar-refractivity contribution in [2.24, 2.45) is 0 Å². The molecule has 0 radical (unpaired) electrons. The van der Waals surface area contributed by atoms with E-state index in [0.717, 1.165) is 32.4 Å². The minimum Gasteiger partial charge on any atom is -0.390 e. The number of nitrogens with one attached hydrogen (secondary N) is 1.